The summed E-state index contributed by atoms with van der Waals surface area (Å²) in [4.78, 5) is 0. The third kappa shape index (κ3) is 3.49. The number of aliphatic hydroxyl groups is 1. The number of hydrogen-bond acceptors (Lipinski definition) is 2. The van der Waals surface area contributed by atoms with Gasteiger partial charge in [-0.2, -0.15) is 0 Å². The molecule has 0 bridgehead atoms. The lowest BCUT2D eigenvalue weighted by Gasteiger charge is -2.31. The van der Waals surface area contributed by atoms with Crippen molar-refractivity contribution in [3.05, 3.63) is 29.8 Å². The summed E-state index contributed by atoms with van der Waals surface area (Å²) in [5.74, 6) is 2.39. The normalized spacial score (nSPS) is 29.9. The van der Waals surface area contributed by atoms with Crippen LogP contribution in [-0.4, -0.2) is 11.2 Å². The molecule has 1 aromatic rings. The SMILES string of the molecule is CC1CC(C)CC(Oc2cccc([C@@H](C)O)c2)C1. The summed E-state index contributed by atoms with van der Waals surface area (Å²) >= 11 is 0. The fraction of sp³-hybridized carbons (Fsp3) is 0.625. The van der Waals surface area contributed by atoms with E-state index in [9.17, 15) is 5.11 Å². The lowest BCUT2D eigenvalue weighted by Crippen LogP contribution is -2.28. The number of rotatable bonds is 3. The van der Waals surface area contributed by atoms with Gasteiger partial charge in [-0.15, -0.1) is 0 Å². The van der Waals surface area contributed by atoms with Crippen LogP contribution in [0.5, 0.6) is 5.75 Å². The molecule has 1 aromatic carbocycles. The molecule has 3 atom stereocenters. The first-order chi connectivity index (χ1) is 8.54. The average molecular weight is 248 g/mol. The van der Waals surface area contributed by atoms with Gasteiger partial charge in [-0.3, -0.25) is 0 Å². The van der Waals surface area contributed by atoms with Crippen LogP contribution in [0.3, 0.4) is 0 Å². The van der Waals surface area contributed by atoms with Crippen molar-refractivity contribution in [3.63, 3.8) is 0 Å². The van der Waals surface area contributed by atoms with Gasteiger partial charge in [-0.1, -0.05) is 26.0 Å². The Morgan fingerprint density at radius 2 is 1.83 bits per heavy atom. The first kappa shape index (κ1) is 13.4. The molecule has 0 radical (unpaired) electrons. The second-order valence-corrected chi connectivity index (χ2v) is 5.91. The van der Waals surface area contributed by atoms with Gasteiger partial charge in [0.2, 0.25) is 0 Å². The molecule has 0 spiro atoms. The van der Waals surface area contributed by atoms with Crippen molar-refractivity contribution < 1.29 is 9.84 Å². The molecule has 0 heterocycles. The van der Waals surface area contributed by atoms with Crippen LogP contribution in [0.25, 0.3) is 0 Å². The molecule has 2 unspecified atom stereocenters. The van der Waals surface area contributed by atoms with E-state index in [1.807, 2.05) is 24.3 Å². The molecule has 2 heteroatoms. The first-order valence-corrected chi connectivity index (χ1v) is 6.99. The van der Waals surface area contributed by atoms with Gasteiger partial charge in [0.25, 0.3) is 0 Å². The van der Waals surface area contributed by atoms with Crippen LogP contribution in [0.2, 0.25) is 0 Å². The molecule has 0 aromatic heterocycles. The zero-order valence-electron chi connectivity index (χ0n) is 11.6. The topological polar surface area (TPSA) is 29.5 Å². The maximum absolute atomic E-state index is 9.58. The van der Waals surface area contributed by atoms with Gasteiger partial charge in [0.15, 0.2) is 0 Å². The Balaban J connectivity index is 2.02. The summed E-state index contributed by atoms with van der Waals surface area (Å²) in [6.45, 7) is 6.39. The van der Waals surface area contributed by atoms with Gasteiger partial charge in [-0.05, 0) is 55.7 Å². The molecule has 1 fully saturated rings. The summed E-state index contributed by atoms with van der Waals surface area (Å²) in [7, 11) is 0. The molecular weight excluding hydrogens is 224 g/mol. The predicted molar refractivity (Wildman–Crippen MR) is 73.7 cm³/mol. The lowest BCUT2D eigenvalue weighted by molar-refractivity contribution is 0.101. The van der Waals surface area contributed by atoms with E-state index >= 15 is 0 Å². The summed E-state index contributed by atoms with van der Waals surface area (Å²) in [6, 6.07) is 7.82. The highest BCUT2D eigenvalue weighted by Gasteiger charge is 2.25. The van der Waals surface area contributed by atoms with Gasteiger partial charge >= 0.3 is 0 Å². The molecule has 1 aliphatic carbocycles. The number of hydrogen-bond donors (Lipinski definition) is 1. The van der Waals surface area contributed by atoms with E-state index < -0.39 is 6.10 Å². The highest BCUT2D eigenvalue weighted by molar-refractivity contribution is 5.29. The minimum atomic E-state index is -0.433. The van der Waals surface area contributed by atoms with Crippen LogP contribution in [0.15, 0.2) is 24.3 Å². The van der Waals surface area contributed by atoms with Crippen LogP contribution in [-0.2, 0) is 0 Å². The molecule has 0 aliphatic heterocycles. The average Bonchev–Trinajstić information content (AvgIpc) is 2.27. The highest BCUT2D eigenvalue weighted by atomic mass is 16.5. The van der Waals surface area contributed by atoms with E-state index in [1.54, 1.807) is 6.92 Å². The van der Waals surface area contributed by atoms with Gasteiger partial charge in [0.05, 0.1) is 12.2 Å². The fourth-order valence-corrected chi connectivity index (χ4v) is 3.01. The van der Waals surface area contributed by atoms with Gasteiger partial charge in [-0.25, -0.2) is 0 Å². The van der Waals surface area contributed by atoms with E-state index in [2.05, 4.69) is 13.8 Å². The molecule has 2 nitrogen and oxygen atoms in total. The zero-order valence-corrected chi connectivity index (χ0v) is 11.6. The van der Waals surface area contributed by atoms with Crippen LogP contribution < -0.4 is 4.74 Å². The third-order valence-corrected chi connectivity index (χ3v) is 3.78. The van der Waals surface area contributed by atoms with Crippen molar-refractivity contribution in [1.82, 2.24) is 0 Å². The van der Waals surface area contributed by atoms with E-state index in [4.69, 9.17) is 4.74 Å². The number of benzene rings is 1. The Hall–Kier alpha value is -1.02. The monoisotopic (exact) mass is 248 g/mol. The van der Waals surface area contributed by atoms with E-state index in [1.165, 1.54) is 6.42 Å². The zero-order chi connectivity index (χ0) is 13.1. The van der Waals surface area contributed by atoms with Crippen molar-refractivity contribution in [3.8, 4) is 5.75 Å². The Labute approximate surface area is 110 Å². The quantitative estimate of drug-likeness (QED) is 0.877. The summed E-state index contributed by atoms with van der Waals surface area (Å²) in [6.07, 6.45) is 3.49. The van der Waals surface area contributed by atoms with Crippen LogP contribution >= 0.6 is 0 Å². The van der Waals surface area contributed by atoms with Crippen LogP contribution in [0.1, 0.15) is 51.7 Å². The molecule has 1 N–H and O–H groups in total. The smallest absolute Gasteiger partial charge is 0.120 e. The number of aliphatic hydroxyl groups excluding tert-OH is 1. The minimum Gasteiger partial charge on any atom is -0.490 e. The maximum atomic E-state index is 9.58. The minimum absolute atomic E-state index is 0.327. The molecule has 2 rings (SSSR count). The van der Waals surface area contributed by atoms with Crippen molar-refractivity contribution in [1.29, 1.82) is 0 Å². The Bertz CT molecular complexity index is 376. The lowest BCUT2D eigenvalue weighted by atomic mass is 9.82. The predicted octanol–water partition coefficient (Wildman–Crippen LogP) is 3.94. The van der Waals surface area contributed by atoms with E-state index in [0.717, 1.165) is 36.0 Å². The summed E-state index contributed by atoms with van der Waals surface area (Å²) in [5, 5.41) is 9.58. The van der Waals surface area contributed by atoms with Gasteiger partial charge in [0, 0.05) is 0 Å². The first-order valence-electron chi connectivity index (χ1n) is 6.99. The molecule has 18 heavy (non-hydrogen) atoms. The molecular formula is C16H24O2. The maximum Gasteiger partial charge on any atom is 0.120 e. The molecule has 0 saturated heterocycles. The van der Waals surface area contributed by atoms with Gasteiger partial charge < -0.3 is 9.84 Å². The van der Waals surface area contributed by atoms with Crippen molar-refractivity contribution in [2.45, 2.75) is 52.2 Å². The molecule has 0 amide bonds. The van der Waals surface area contributed by atoms with Crippen LogP contribution in [0, 0.1) is 11.8 Å². The van der Waals surface area contributed by atoms with E-state index in [0.29, 0.717) is 6.10 Å². The Morgan fingerprint density at radius 3 is 2.44 bits per heavy atom. The Morgan fingerprint density at radius 1 is 1.17 bits per heavy atom. The van der Waals surface area contributed by atoms with Crippen LogP contribution in [0.4, 0.5) is 0 Å². The van der Waals surface area contributed by atoms with Crippen molar-refractivity contribution in [2.24, 2.45) is 11.8 Å². The van der Waals surface area contributed by atoms with E-state index in [-0.39, 0.29) is 0 Å². The van der Waals surface area contributed by atoms with Gasteiger partial charge in [0.1, 0.15) is 5.75 Å². The fourth-order valence-electron chi connectivity index (χ4n) is 3.01. The van der Waals surface area contributed by atoms with Crippen molar-refractivity contribution in [2.75, 3.05) is 0 Å². The highest BCUT2D eigenvalue weighted by Crippen LogP contribution is 2.31. The Kier molecular flexibility index (Phi) is 4.28. The largest absolute Gasteiger partial charge is 0.490 e. The van der Waals surface area contributed by atoms with Crippen molar-refractivity contribution >= 4 is 0 Å². The number of ether oxygens (including phenoxy) is 1. The standard InChI is InChI=1S/C16H24O2/c1-11-7-12(2)9-16(8-11)18-15-6-4-5-14(10-15)13(3)17/h4-6,10-13,16-17H,7-9H2,1-3H3/t11?,12?,13-,16?/m1/s1. The molecule has 1 aliphatic rings. The second kappa shape index (κ2) is 5.75. The second-order valence-electron chi connectivity index (χ2n) is 5.91. The summed E-state index contributed by atoms with van der Waals surface area (Å²) < 4.78 is 6.08. The third-order valence-electron chi connectivity index (χ3n) is 3.78. The summed E-state index contributed by atoms with van der Waals surface area (Å²) in [5.41, 5.74) is 0.921. The molecule has 100 valence electrons. The molecule has 1 saturated carbocycles.